The van der Waals surface area contributed by atoms with Crippen LogP contribution in [0.5, 0.6) is 5.75 Å². The standard InChI is InChI=1S/C13H18BrNO2/c1-16-6-7-17-12-5-4-10(8-11(12)14)13(15)9-2-3-9/h4-5,8-9,13H,2-3,6-7,15H2,1H3. The Morgan fingerprint density at radius 1 is 1.41 bits per heavy atom. The molecule has 17 heavy (non-hydrogen) atoms. The fraction of sp³-hybridized carbons (Fsp3) is 0.538. The average molecular weight is 300 g/mol. The highest BCUT2D eigenvalue weighted by Gasteiger charge is 2.29. The van der Waals surface area contributed by atoms with Crippen LogP contribution in [0.25, 0.3) is 0 Å². The van der Waals surface area contributed by atoms with E-state index in [1.807, 2.05) is 6.07 Å². The van der Waals surface area contributed by atoms with Crippen molar-refractivity contribution in [3.05, 3.63) is 28.2 Å². The van der Waals surface area contributed by atoms with Gasteiger partial charge in [-0.15, -0.1) is 0 Å². The fourth-order valence-corrected chi connectivity index (χ4v) is 2.31. The third-order valence-corrected chi connectivity index (χ3v) is 3.64. The summed E-state index contributed by atoms with van der Waals surface area (Å²) in [5.74, 6) is 1.51. The Morgan fingerprint density at radius 2 is 2.18 bits per heavy atom. The number of rotatable bonds is 6. The van der Waals surface area contributed by atoms with Gasteiger partial charge in [-0.1, -0.05) is 6.07 Å². The van der Waals surface area contributed by atoms with Crippen molar-refractivity contribution in [2.45, 2.75) is 18.9 Å². The van der Waals surface area contributed by atoms with Gasteiger partial charge in [0.05, 0.1) is 11.1 Å². The molecule has 0 heterocycles. The van der Waals surface area contributed by atoms with Crippen LogP contribution in [-0.4, -0.2) is 20.3 Å². The first-order valence-electron chi connectivity index (χ1n) is 5.89. The van der Waals surface area contributed by atoms with E-state index in [1.165, 1.54) is 18.4 Å². The highest BCUT2D eigenvalue weighted by atomic mass is 79.9. The van der Waals surface area contributed by atoms with Crippen molar-refractivity contribution >= 4 is 15.9 Å². The van der Waals surface area contributed by atoms with E-state index in [1.54, 1.807) is 7.11 Å². The normalized spacial score (nSPS) is 16.9. The molecule has 94 valence electrons. The van der Waals surface area contributed by atoms with Crippen molar-refractivity contribution in [1.82, 2.24) is 0 Å². The molecule has 1 unspecified atom stereocenters. The van der Waals surface area contributed by atoms with E-state index < -0.39 is 0 Å². The average Bonchev–Trinajstić information content (AvgIpc) is 3.14. The van der Waals surface area contributed by atoms with Crippen LogP contribution in [0.2, 0.25) is 0 Å². The minimum atomic E-state index is 0.166. The summed E-state index contributed by atoms with van der Waals surface area (Å²) < 4.78 is 11.5. The number of methoxy groups -OCH3 is 1. The third-order valence-electron chi connectivity index (χ3n) is 3.02. The molecule has 1 aliphatic carbocycles. The Kier molecular flexibility index (Phi) is 4.42. The maximum atomic E-state index is 6.16. The van der Waals surface area contributed by atoms with Crippen LogP contribution >= 0.6 is 15.9 Å². The number of halogens is 1. The monoisotopic (exact) mass is 299 g/mol. The number of hydrogen-bond donors (Lipinski definition) is 1. The van der Waals surface area contributed by atoms with E-state index in [9.17, 15) is 0 Å². The predicted octanol–water partition coefficient (Wildman–Crippen LogP) is 2.88. The number of benzene rings is 1. The second-order valence-corrected chi connectivity index (χ2v) is 5.25. The Labute approximate surface area is 110 Å². The largest absolute Gasteiger partial charge is 0.490 e. The van der Waals surface area contributed by atoms with E-state index in [-0.39, 0.29) is 6.04 Å². The lowest BCUT2D eigenvalue weighted by Gasteiger charge is -2.13. The van der Waals surface area contributed by atoms with Crippen LogP contribution in [-0.2, 0) is 4.74 Å². The number of nitrogens with two attached hydrogens (primary N) is 1. The Balaban J connectivity index is 2.00. The molecule has 1 aromatic rings. The molecule has 0 amide bonds. The number of hydrogen-bond acceptors (Lipinski definition) is 3. The van der Waals surface area contributed by atoms with Crippen LogP contribution in [0.1, 0.15) is 24.4 Å². The van der Waals surface area contributed by atoms with Crippen molar-refractivity contribution < 1.29 is 9.47 Å². The quantitative estimate of drug-likeness (QED) is 0.822. The molecule has 3 nitrogen and oxygen atoms in total. The SMILES string of the molecule is COCCOc1ccc(C(N)C2CC2)cc1Br. The maximum absolute atomic E-state index is 6.16. The summed E-state index contributed by atoms with van der Waals surface area (Å²) in [7, 11) is 1.66. The van der Waals surface area contributed by atoms with Gasteiger partial charge in [-0.2, -0.15) is 0 Å². The van der Waals surface area contributed by atoms with Gasteiger partial charge in [0.15, 0.2) is 0 Å². The van der Waals surface area contributed by atoms with Gasteiger partial charge >= 0.3 is 0 Å². The first-order valence-corrected chi connectivity index (χ1v) is 6.68. The molecule has 0 saturated heterocycles. The molecule has 1 saturated carbocycles. The lowest BCUT2D eigenvalue weighted by molar-refractivity contribution is 0.146. The molecule has 2 rings (SSSR count). The first kappa shape index (κ1) is 12.9. The van der Waals surface area contributed by atoms with E-state index >= 15 is 0 Å². The summed E-state index contributed by atoms with van der Waals surface area (Å²) in [6, 6.07) is 6.25. The lowest BCUT2D eigenvalue weighted by Crippen LogP contribution is -2.12. The lowest BCUT2D eigenvalue weighted by atomic mass is 10.0. The second-order valence-electron chi connectivity index (χ2n) is 4.39. The summed E-state index contributed by atoms with van der Waals surface area (Å²) in [6.45, 7) is 1.15. The van der Waals surface area contributed by atoms with Crippen LogP contribution in [0, 0.1) is 5.92 Å². The molecule has 0 aliphatic heterocycles. The highest BCUT2D eigenvalue weighted by Crippen LogP contribution is 2.40. The second kappa shape index (κ2) is 5.85. The maximum Gasteiger partial charge on any atom is 0.133 e. The Bertz CT molecular complexity index is 380. The van der Waals surface area contributed by atoms with Crippen LogP contribution < -0.4 is 10.5 Å². The van der Waals surface area contributed by atoms with Gasteiger partial charge < -0.3 is 15.2 Å². The smallest absolute Gasteiger partial charge is 0.133 e. The summed E-state index contributed by atoms with van der Waals surface area (Å²) in [5.41, 5.74) is 7.34. The van der Waals surface area contributed by atoms with Crippen molar-refractivity contribution in [1.29, 1.82) is 0 Å². The van der Waals surface area contributed by atoms with Crippen LogP contribution in [0.15, 0.2) is 22.7 Å². The van der Waals surface area contributed by atoms with Gasteiger partial charge in [0, 0.05) is 13.2 Å². The molecule has 1 fully saturated rings. The topological polar surface area (TPSA) is 44.5 Å². The van der Waals surface area contributed by atoms with Gasteiger partial charge in [0.25, 0.3) is 0 Å². The van der Waals surface area contributed by atoms with Gasteiger partial charge in [-0.25, -0.2) is 0 Å². The fourth-order valence-electron chi connectivity index (χ4n) is 1.80. The van der Waals surface area contributed by atoms with Gasteiger partial charge in [-0.3, -0.25) is 0 Å². The van der Waals surface area contributed by atoms with Crippen molar-refractivity contribution in [3.8, 4) is 5.75 Å². The zero-order chi connectivity index (χ0) is 12.3. The molecule has 0 spiro atoms. The molecule has 0 aromatic heterocycles. The molecule has 1 atom stereocenters. The predicted molar refractivity (Wildman–Crippen MR) is 71.2 cm³/mol. The summed E-state index contributed by atoms with van der Waals surface area (Å²) in [5, 5.41) is 0. The molecule has 0 radical (unpaired) electrons. The van der Waals surface area contributed by atoms with Gasteiger partial charge in [-0.05, 0) is 52.4 Å². The van der Waals surface area contributed by atoms with Crippen molar-refractivity contribution in [2.24, 2.45) is 11.7 Å². The molecule has 4 heteroatoms. The molecular formula is C13H18BrNO2. The summed E-state index contributed by atoms with van der Waals surface area (Å²) in [4.78, 5) is 0. The summed E-state index contributed by atoms with van der Waals surface area (Å²) in [6.07, 6.45) is 2.51. The van der Waals surface area contributed by atoms with E-state index in [4.69, 9.17) is 15.2 Å². The zero-order valence-corrected chi connectivity index (χ0v) is 11.6. The summed E-state index contributed by atoms with van der Waals surface area (Å²) >= 11 is 3.52. The van der Waals surface area contributed by atoms with Crippen LogP contribution in [0.3, 0.4) is 0 Å². The first-order chi connectivity index (χ1) is 8.22. The van der Waals surface area contributed by atoms with E-state index in [0.717, 1.165) is 10.2 Å². The molecule has 1 aromatic carbocycles. The Hall–Kier alpha value is -0.580. The van der Waals surface area contributed by atoms with Gasteiger partial charge in [0.2, 0.25) is 0 Å². The van der Waals surface area contributed by atoms with E-state index in [0.29, 0.717) is 19.1 Å². The molecular weight excluding hydrogens is 282 g/mol. The number of ether oxygens (including phenoxy) is 2. The van der Waals surface area contributed by atoms with Crippen LogP contribution in [0.4, 0.5) is 0 Å². The molecule has 2 N–H and O–H groups in total. The van der Waals surface area contributed by atoms with Crippen molar-refractivity contribution in [3.63, 3.8) is 0 Å². The minimum Gasteiger partial charge on any atom is -0.490 e. The Morgan fingerprint density at radius 3 is 2.76 bits per heavy atom. The minimum absolute atomic E-state index is 0.166. The van der Waals surface area contributed by atoms with Gasteiger partial charge in [0.1, 0.15) is 12.4 Å². The highest BCUT2D eigenvalue weighted by molar-refractivity contribution is 9.10. The zero-order valence-electron chi connectivity index (χ0n) is 9.99. The molecule has 0 bridgehead atoms. The third kappa shape index (κ3) is 3.44. The van der Waals surface area contributed by atoms with E-state index in [2.05, 4.69) is 28.1 Å². The molecule has 1 aliphatic rings. The van der Waals surface area contributed by atoms with Crippen molar-refractivity contribution in [2.75, 3.05) is 20.3 Å².